The SMILES string of the molecule is CCC1(C)CSC(C)(C(F)(F)F)NC1=O. The average molecular weight is 241 g/mol. The Morgan fingerprint density at radius 3 is 2.33 bits per heavy atom. The van der Waals surface area contributed by atoms with Crippen LogP contribution in [0.4, 0.5) is 13.2 Å². The second-order valence-corrected chi connectivity index (χ2v) is 5.58. The van der Waals surface area contributed by atoms with Crippen molar-refractivity contribution in [2.75, 3.05) is 5.75 Å². The molecule has 1 aliphatic heterocycles. The fraction of sp³-hybridized carbons (Fsp3) is 0.889. The predicted molar refractivity (Wildman–Crippen MR) is 53.5 cm³/mol. The average Bonchev–Trinajstić information content (AvgIpc) is 2.10. The number of nitrogens with one attached hydrogen (secondary N) is 1. The number of halogens is 3. The Bertz CT molecular complexity index is 281. The fourth-order valence-electron chi connectivity index (χ4n) is 1.19. The van der Waals surface area contributed by atoms with Crippen LogP contribution in [0.5, 0.6) is 0 Å². The van der Waals surface area contributed by atoms with E-state index < -0.39 is 22.4 Å². The standard InChI is InChI=1S/C9H14F3NOS/c1-4-7(2)5-15-8(3,9(10,11)12)13-6(7)14/h4-5H2,1-3H3,(H,13,14). The van der Waals surface area contributed by atoms with Crippen LogP contribution in [0.1, 0.15) is 27.2 Å². The number of thioether (sulfide) groups is 1. The summed E-state index contributed by atoms with van der Waals surface area (Å²) in [6.07, 6.45) is -3.87. The predicted octanol–water partition coefficient (Wildman–Crippen LogP) is 2.54. The van der Waals surface area contributed by atoms with Gasteiger partial charge in [0, 0.05) is 5.75 Å². The lowest BCUT2D eigenvalue weighted by Crippen LogP contribution is -2.61. The Hall–Kier alpha value is -0.390. The van der Waals surface area contributed by atoms with Crippen LogP contribution in [-0.4, -0.2) is 22.7 Å². The first-order valence-electron chi connectivity index (χ1n) is 4.68. The fourth-order valence-corrected chi connectivity index (χ4v) is 2.46. The molecular formula is C9H14F3NOS. The number of hydrogen-bond donors (Lipinski definition) is 1. The highest BCUT2D eigenvalue weighted by atomic mass is 32.2. The number of hydrogen-bond acceptors (Lipinski definition) is 2. The molecule has 1 rings (SSSR count). The highest BCUT2D eigenvalue weighted by molar-refractivity contribution is 8.00. The third-order valence-corrected chi connectivity index (χ3v) is 4.59. The quantitative estimate of drug-likeness (QED) is 0.764. The molecule has 1 aliphatic rings. The third kappa shape index (κ3) is 2.09. The van der Waals surface area contributed by atoms with Gasteiger partial charge in [0.1, 0.15) is 0 Å². The highest BCUT2D eigenvalue weighted by Crippen LogP contribution is 2.46. The van der Waals surface area contributed by atoms with Crippen molar-refractivity contribution in [1.29, 1.82) is 0 Å². The van der Waals surface area contributed by atoms with E-state index in [4.69, 9.17) is 0 Å². The molecular weight excluding hydrogens is 227 g/mol. The number of alkyl halides is 3. The molecule has 0 aromatic rings. The topological polar surface area (TPSA) is 29.1 Å². The minimum absolute atomic E-state index is 0.200. The Labute approximate surface area is 91.0 Å². The molecule has 0 spiro atoms. The van der Waals surface area contributed by atoms with Crippen molar-refractivity contribution >= 4 is 17.7 Å². The summed E-state index contributed by atoms with van der Waals surface area (Å²) >= 11 is 0.751. The molecule has 15 heavy (non-hydrogen) atoms. The Morgan fingerprint density at radius 1 is 1.47 bits per heavy atom. The molecule has 0 aromatic heterocycles. The maximum absolute atomic E-state index is 12.6. The zero-order valence-electron chi connectivity index (χ0n) is 8.86. The normalized spacial score (nSPS) is 37.6. The van der Waals surface area contributed by atoms with Crippen LogP contribution in [0.3, 0.4) is 0 Å². The highest BCUT2D eigenvalue weighted by Gasteiger charge is 2.57. The monoisotopic (exact) mass is 241 g/mol. The van der Waals surface area contributed by atoms with Crippen molar-refractivity contribution in [2.24, 2.45) is 5.41 Å². The van der Waals surface area contributed by atoms with Crippen molar-refractivity contribution < 1.29 is 18.0 Å². The lowest BCUT2D eigenvalue weighted by Gasteiger charge is -2.42. The maximum Gasteiger partial charge on any atom is 0.420 e. The van der Waals surface area contributed by atoms with Gasteiger partial charge in [-0.15, -0.1) is 11.8 Å². The molecule has 0 aliphatic carbocycles. The molecule has 6 heteroatoms. The van der Waals surface area contributed by atoms with Gasteiger partial charge in [0.05, 0.1) is 5.41 Å². The van der Waals surface area contributed by atoms with E-state index in [0.29, 0.717) is 6.42 Å². The molecule has 1 N–H and O–H groups in total. The summed E-state index contributed by atoms with van der Waals surface area (Å²) in [6, 6.07) is 0. The summed E-state index contributed by atoms with van der Waals surface area (Å²) in [5, 5.41) is 2.07. The lowest BCUT2D eigenvalue weighted by molar-refractivity contribution is -0.172. The van der Waals surface area contributed by atoms with Gasteiger partial charge in [-0.3, -0.25) is 4.79 Å². The zero-order valence-corrected chi connectivity index (χ0v) is 9.68. The van der Waals surface area contributed by atoms with Crippen LogP contribution in [0.15, 0.2) is 0 Å². The van der Waals surface area contributed by atoms with Crippen molar-refractivity contribution in [3.63, 3.8) is 0 Å². The third-order valence-electron chi connectivity index (χ3n) is 2.90. The van der Waals surface area contributed by atoms with Gasteiger partial charge in [-0.2, -0.15) is 13.2 Å². The van der Waals surface area contributed by atoms with Gasteiger partial charge in [-0.05, 0) is 20.3 Å². The molecule has 0 aromatic carbocycles. The van der Waals surface area contributed by atoms with E-state index in [1.807, 2.05) is 0 Å². The summed E-state index contributed by atoms with van der Waals surface area (Å²) < 4.78 is 37.9. The van der Waals surface area contributed by atoms with Crippen LogP contribution in [0.25, 0.3) is 0 Å². The number of carbonyl (C=O) groups is 1. The molecule has 1 heterocycles. The van der Waals surface area contributed by atoms with Crippen LogP contribution in [0.2, 0.25) is 0 Å². The zero-order chi connectivity index (χ0) is 11.9. The summed E-state index contributed by atoms with van der Waals surface area (Å²) in [4.78, 5) is 9.44. The van der Waals surface area contributed by atoms with Crippen LogP contribution >= 0.6 is 11.8 Å². The molecule has 88 valence electrons. The number of rotatable bonds is 1. The van der Waals surface area contributed by atoms with E-state index in [1.165, 1.54) is 0 Å². The van der Waals surface area contributed by atoms with Crippen molar-refractivity contribution in [3.05, 3.63) is 0 Å². The molecule has 0 saturated carbocycles. The van der Waals surface area contributed by atoms with E-state index in [1.54, 1.807) is 13.8 Å². The number of carbonyl (C=O) groups excluding carboxylic acids is 1. The van der Waals surface area contributed by atoms with Gasteiger partial charge in [0.15, 0.2) is 4.87 Å². The van der Waals surface area contributed by atoms with Crippen LogP contribution < -0.4 is 5.32 Å². The molecule has 0 bridgehead atoms. The molecule has 0 radical (unpaired) electrons. The van der Waals surface area contributed by atoms with E-state index >= 15 is 0 Å². The van der Waals surface area contributed by atoms with Crippen LogP contribution in [0, 0.1) is 5.41 Å². The summed E-state index contributed by atoms with van der Waals surface area (Å²) in [5.74, 6) is -0.311. The van der Waals surface area contributed by atoms with Gasteiger partial charge in [-0.1, -0.05) is 6.92 Å². The second-order valence-electron chi connectivity index (χ2n) is 4.19. The van der Waals surface area contributed by atoms with Gasteiger partial charge in [-0.25, -0.2) is 0 Å². The minimum atomic E-state index is -4.41. The summed E-state index contributed by atoms with van der Waals surface area (Å²) in [7, 11) is 0. The smallest absolute Gasteiger partial charge is 0.334 e. The van der Waals surface area contributed by atoms with Gasteiger partial charge in [0.25, 0.3) is 0 Å². The Kier molecular flexibility index (Phi) is 3.02. The molecule has 1 saturated heterocycles. The van der Waals surface area contributed by atoms with E-state index in [9.17, 15) is 18.0 Å². The van der Waals surface area contributed by atoms with Crippen molar-refractivity contribution in [3.8, 4) is 0 Å². The summed E-state index contributed by atoms with van der Waals surface area (Å²) in [5.41, 5.74) is -0.685. The Morgan fingerprint density at radius 2 is 2.00 bits per heavy atom. The lowest BCUT2D eigenvalue weighted by atomic mass is 9.88. The molecule has 1 amide bonds. The van der Waals surface area contributed by atoms with Crippen molar-refractivity contribution in [1.82, 2.24) is 5.32 Å². The van der Waals surface area contributed by atoms with E-state index in [-0.39, 0.29) is 5.75 Å². The first-order chi connectivity index (χ1) is 6.65. The van der Waals surface area contributed by atoms with E-state index in [2.05, 4.69) is 5.32 Å². The van der Waals surface area contributed by atoms with Crippen molar-refractivity contribution in [2.45, 2.75) is 38.2 Å². The minimum Gasteiger partial charge on any atom is -0.334 e. The van der Waals surface area contributed by atoms with E-state index in [0.717, 1.165) is 18.7 Å². The van der Waals surface area contributed by atoms with Gasteiger partial charge >= 0.3 is 6.18 Å². The largest absolute Gasteiger partial charge is 0.420 e. The van der Waals surface area contributed by atoms with Gasteiger partial charge < -0.3 is 5.32 Å². The summed E-state index contributed by atoms with van der Waals surface area (Å²) in [6.45, 7) is 4.49. The Balaban J connectivity index is 2.87. The molecule has 2 nitrogen and oxygen atoms in total. The molecule has 2 unspecified atom stereocenters. The molecule has 1 fully saturated rings. The van der Waals surface area contributed by atoms with Crippen LogP contribution in [-0.2, 0) is 4.79 Å². The first kappa shape index (κ1) is 12.7. The first-order valence-corrected chi connectivity index (χ1v) is 5.66. The second kappa shape index (κ2) is 3.57. The maximum atomic E-state index is 12.6. The molecule has 2 atom stereocenters. The van der Waals surface area contributed by atoms with Gasteiger partial charge in [0.2, 0.25) is 5.91 Å². The number of amides is 1.